The summed E-state index contributed by atoms with van der Waals surface area (Å²) < 4.78 is 8.47. The maximum atomic E-state index is 10.7. The van der Waals surface area contributed by atoms with Gasteiger partial charge >= 0.3 is 12.1 Å². The topological polar surface area (TPSA) is 55.8 Å². The minimum Gasteiger partial charge on any atom is -0.468 e. The van der Waals surface area contributed by atoms with Crippen LogP contribution in [0.5, 0.6) is 0 Å². The Hall–Kier alpha value is -1.70. The van der Waals surface area contributed by atoms with Crippen molar-refractivity contribution >= 4 is 12.1 Å². The summed E-state index contributed by atoms with van der Waals surface area (Å²) in [6, 6.07) is 0. The van der Waals surface area contributed by atoms with Gasteiger partial charge in [0.15, 0.2) is 0 Å². The summed E-state index contributed by atoms with van der Waals surface area (Å²) in [4.78, 5) is 22.4. The van der Waals surface area contributed by atoms with Gasteiger partial charge in [-0.1, -0.05) is 6.42 Å². The van der Waals surface area contributed by atoms with Crippen LogP contribution in [0.4, 0.5) is 4.79 Å². The van der Waals surface area contributed by atoms with E-state index in [4.69, 9.17) is 6.42 Å². The van der Waals surface area contributed by atoms with Crippen molar-refractivity contribution in [1.29, 1.82) is 0 Å². The van der Waals surface area contributed by atoms with Crippen molar-refractivity contribution in [1.82, 2.24) is 4.90 Å². The SMILES string of the molecule is C#COC(=O)N(C)CC(=O)OC. The molecule has 0 radical (unpaired) electrons. The summed E-state index contributed by atoms with van der Waals surface area (Å²) >= 11 is 0. The Balaban J connectivity index is 3.88. The number of likely N-dealkylation sites (N-methyl/N-ethyl adjacent to an activating group) is 1. The summed E-state index contributed by atoms with van der Waals surface area (Å²) in [5, 5.41) is 0. The minimum absolute atomic E-state index is 0.184. The molecular formula is C7H9NO4. The Morgan fingerprint density at radius 1 is 1.58 bits per heavy atom. The van der Waals surface area contributed by atoms with Gasteiger partial charge in [-0.15, -0.1) is 0 Å². The van der Waals surface area contributed by atoms with Crippen molar-refractivity contribution in [2.24, 2.45) is 0 Å². The normalized spacial score (nSPS) is 8.08. The van der Waals surface area contributed by atoms with Gasteiger partial charge in [-0.3, -0.25) is 9.69 Å². The first-order chi connectivity index (χ1) is 5.61. The second-order valence-electron chi connectivity index (χ2n) is 1.92. The number of rotatable bonds is 2. The molecule has 1 amide bonds. The lowest BCUT2D eigenvalue weighted by Gasteiger charge is -2.11. The fourth-order valence-corrected chi connectivity index (χ4v) is 0.451. The third-order valence-corrected chi connectivity index (χ3v) is 1.05. The zero-order valence-electron chi connectivity index (χ0n) is 6.86. The third-order valence-electron chi connectivity index (χ3n) is 1.05. The molecule has 66 valence electrons. The van der Waals surface area contributed by atoms with Gasteiger partial charge in [0, 0.05) is 7.05 Å². The van der Waals surface area contributed by atoms with Gasteiger partial charge in [-0.05, 0) is 0 Å². The molecule has 0 aromatic rings. The first kappa shape index (κ1) is 10.3. The van der Waals surface area contributed by atoms with Crippen molar-refractivity contribution in [2.45, 2.75) is 0 Å². The number of esters is 1. The number of ether oxygens (including phenoxy) is 2. The molecule has 0 aliphatic heterocycles. The maximum absolute atomic E-state index is 10.7. The number of methoxy groups -OCH3 is 1. The lowest BCUT2D eigenvalue weighted by molar-refractivity contribution is -0.141. The number of carbonyl (C=O) groups is 2. The highest BCUT2D eigenvalue weighted by molar-refractivity contribution is 5.78. The molecule has 0 heterocycles. The first-order valence-electron chi connectivity index (χ1n) is 3.06. The van der Waals surface area contributed by atoms with E-state index in [0.29, 0.717) is 0 Å². The minimum atomic E-state index is -0.761. The Morgan fingerprint density at radius 3 is 2.58 bits per heavy atom. The zero-order chi connectivity index (χ0) is 9.56. The smallest absolute Gasteiger partial charge is 0.424 e. The van der Waals surface area contributed by atoms with Crippen molar-refractivity contribution in [3.8, 4) is 12.5 Å². The maximum Gasteiger partial charge on any atom is 0.424 e. The van der Waals surface area contributed by atoms with Crippen LogP contribution in [0.25, 0.3) is 0 Å². The number of hydrogen-bond acceptors (Lipinski definition) is 4. The van der Waals surface area contributed by atoms with Crippen molar-refractivity contribution in [2.75, 3.05) is 20.7 Å². The van der Waals surface area contributed by atoms with Crippen LogP contribution in [0, 0.1) is 12.5 Å². The van der Waals surface area contributed by atoms with Crippen LogP contribution in [0.3, 0.4) is 0 Å². The Kier molecular flexibility index (Phi) is 4.31. The fraction of sp³-hybridized carbons (Fsp3) is 0.429. The summed E-state index contributed by atoms with van der Waals surface area (Å²) in [7, 11) is 2.60. The molecule has 0 spiro atoms. The molecule has 0 aliphatic rings. The van der Waals surface area contributed by atoms with Gasteiger partial charge in [0.05, 0.1) is 7.11 Å². The molecule has 0 aromatic carbocycles. The van der Waals surface area contributed by atoms with Gasteiger partial charge in [-0.25, -0.2) is 4.79 Å². The lowest BCUT2D eigenvalue weighted by Crippen LogP contribution is -2.32. The molecule has 0 saturated carbocycles. The second kappa shape index (κ2) is 5.02. The molecular weight excluding hydrogens is 162 g/mol. The van der Waals surface area contributed by atoms with E-state index < -0.39 is 12.1 Å². The van der Waals surface area contributed by atoms with E-state index in [9.17, 15) is 9.59 Å². The number of terminal acetylenes is 1. The molecule has 0 aliphatic carbocycles. The molecule has 0 bridgehead atoms. The summed E-state index contributed by atoms with van der Waals surface area (Å²) in [5.41, 5.74) is 0. The van der Waals surface area contributed by atoms with Crippen molar-refractivity contribution in [3.63, 3.8) is 0 Å². The van der Waals surface area contributed by atoms with Crippen molar-refractivity contribution in [3.05, 3.63) is 0 Å². The van der Waals surface area contributed by atoms with Crippen LogP contribution in [0.1, 0.15) is 0 Å². The molecule has 0 saturated heterocycles. The van der Waals surface area contributed by atoms with E-state index in [0.717, 1.165) is 4.90 Å². The fourth-order valence-electron chi connectivity index (χ4n) is 0.451. The van der Waals surface area contributed by atoms with Gasteiger partial charge < -0.3 is 9.47 Å². The average molecular weight is 171 g/mol. The van der Waals surface area contributed by atoms with E-state index in [2.05, 4.69) is 9.47 Å². The molecule has 0 fully saturated rings. The highest BCUT2D eigenvalue weighted by Gasteiger charge is 2.13. The van der Waals surface area contributed by atoms with Crippen LogP contribution in [-0.2, 0) is 14.3 Å². The molecule has 0 aromatic heterocycles. The largest absolute Gasteiger partial charge is 0.468 e. The monoisotopic (exact) mass is 171 g/mol. The second-order valence-corrected chi connectivity index (χ2v) is 1.92. The standard InChI is InChI=1S/C7H9NO4/c1-4-12-7(10)8(2)5-6(9)11-3/h1H,5H2,2-3H3. The van der Waals surface area contributed by atoms with E-state index in [1.165, 1.54) is 14.2 Å². The van der Waals surface area contributed by atoms with Crippen LogP contribution >= 0.6 is 0 Å². The molecule has 5 nitrogen and oxygen atoms in total. The molecule has 0 rings (SSSR count). The van der Waals surface area contributed by atoms with Crippen LogP contribution < -0.4 is 0 Å². The van der Waals surface area contributed by atoms with E-state index in [-0.39, 0.29) is 6.54 Å². The number of hydrogen-bond donors (Lipinski definition) is 0. The number of carbonyl (C=O) groups excluding carboxylic acids is 2. The lowest BCUT2D eigenvalue weighted by atomic mass is 10.6. The molecule has 0 unspecified atom stereocenters. The van der Waals surface area contributed by atoms with E-state index in [1.54, 1.807) is 6.11 Å². The van der Waals surface area contributed by atoms with Crippen LogP contribution in [0.15, 0.2) is 0 Å². The predicted molar refractivity (Wildman–Crippen MR) is 40.0 cm³/mol. The van der Waals surface area contributed by atoms with Crippen LogP contribution in [0.2, 0.25) is 0 Å². The first-order valence-corrected chi connectivity index (χ1v) is 3.06. The van der Waals surface area contributed by atoms with Gasteiger partial charge in [0.1, 0.15) is 12.7 Å². The number of amides is 1. The highest BCUT2D eigenvalue weighted by atomic mass is 16.5. The number of nitrogens with zero attached hydrogens (tertiary/aromatic N) is 1. The Labute approximate surface area is 70.2 Å². The molecule has 0 N–H and O–H groups in total. The molecule has 5 heteroatoms. The van der Waals surface area contributed by atoms with E-state index in [1.807, 2.05) is 0 Å². The summed E-state index contributed by atoms with van der Waals surface area (Å²) in [6.45, 7) is -0.184. The zero-order valence-corrected chi connectivity index (χ0v) is 6.86. The molecule has 12 heavy (non-hydrogen) atoms. The summed E-state index contributed by atoms with van der Waals surface area (Å²) in [5.74, 6) is -0.536. The van der Waals surface area contributed by atoms with Gasteiger partial charge in [0.25, 0.3) is 0 Å². The predicted octanol–water partition coefficient (Wildman–Crippen LogP) is -0.181. The van der Waals surface area contributed by atoms with E-state index >= 15 is 0 Å². The summed E-state index contributed by atoms with van der Waals surface area (Å²) in [6.07, 6.45) is 5.63. The average Bonchev–Trinajstić information content (AvgIpc) is 2.04. The molecule has 0 atom stereocenters. The third kappa shape index (κ3) is 3.46. The van der Waals surface area contributed by atoms with Crippen LogP contribution in [-0.4, -0.2) is 37.7 Å². The highest BCUT2D eigenvalue weighted by Crippen LogP contribution is 1.89. The van der Waals surface area contributed by atoms with Gasteiger partial charge in [0.2, 0.25) is 0 Å². The Morgan fingerprint density at radius 2 is 2.17 bits per heavy atom. The Bertz CT molecular complexity index is 218. The quantitative estimate of drug-likeness (QED) is 0.427. The van der Waals surface area contributed by atoms with Gasteiger partial charge in [-0.2, -0.15) is 0 Å². The van der Waals surface area contributed by atoms with Crippen molar-refractivity contribution < 1.29 is 19.1 Å².